The van der Waals surface area contributed by atoms with Gasteiger partial charge in [0.1, 0.15) is 0 Å². The van der Waals surface area contributed by atoms with Crippen molar-refractivity contribution in [3.63, 3.8) is 0 Å². The number of hydrogen-bond donors (Lipinski definition) is 0. The van der Waals surface area contributed by atoms with Gasteiger partial charge in [-0.05, 0) is 0 Å². The second-order valence-corrected chi connectivity index (χ2v) is 17.0. The largest absolute Gasteiger partial charge is 0.168 e. The number of hydrogen-bond acceptors (Lipinski definition) is 0. The van der Waals surface area contributed by atoms with E-state index >= 15 is 0 Å². The molecule has 0 aliphatic heterocycles. The standard InChI is InChI=1S/2C9H7.C3H6.2ClH.Hf/c2*1-2-5-9-7-3-6-8(9)4-1;1-3-2;;;/h2*1-7H;1H,3H2,2H3;2*1H;/q2*-1;;;;+2/p-2. The SMILES string of the molecule is CC[CH]=[Hf]([Cl])[Cl].c1ccc2[cH-]ccc2c1.c1ccc2[cH-]ccc2c1. The average molecular weight is 522 g/mol. The number of halogens is 2. The van der Waals surface area contributed by atoms with E-state index in [9.17, 15) is 0 Å². The Bertz CT molecular complexity index is 756. The fourth-order valence-electron chi connectivity index (χ4n) is 2.29. The molecule has 0 atom stereocenters. The Hall–Kier alpha value is -1.02. The molecule has 0 aromatic heterocycles. The molecule has 0 N–H and O–H groups in total. The first-order valence-electron chi connectivity index (χ1n) is 7.92. The maximum absolute atomic E-state index is 5.50. The predicted molar refractivity (Wildman–Crippen MR) is 107 cm³/mol. The van der Waals surface area contributed by atoms with Crippen molar-refractivity contribution in [3.05, 3.63) is 84.9 Å². The van der Waals surface area contributed by atoms with Gasteiger partial charge in [-0.2, -0.15) is 35.0 Å². The second kappa shape index (κ2) is 10.8. The minimum Gasteiger partial charge on any atom is -0.168 e. The zero-order valence-corrected chi connectivity index (χ0v) is 18.7. The molecule has 4 aromatic rings. The Morgan fingerprint density at radius 2 is 1.25 bits per heavy atom. The molecule has 4 aromatic carbocycles. The molecule has 124 valence electrons. The molecule has 0 unspecified atom stereocenters. The molecule has 3 heteroatoms. The molecule has 0 aliphatic carbocycles. The second-order valence-electron chi connectivity index (χ2n) is 5.21. The fourth-order valence-corrected chi connectivity index (χ4v) is 5.93. The van der Waals surface area contributed by atoms with E-state index in [4.69, 9.17) is 17.2 Å². The molecule has 0 fully saturated rings. The Morgan fingerprint density at radius 1 is 0.792 bits per heavy atom. The third-order valence-electron chi connectivity index (χ3n) is 3.45. The number of benzene rings is 2. The Balaban J connectivity index is 0.000000134. The molecule has 0 saturated heterocycles. The predicted octanol–water partition coefficient (Wildman–Crippen LogP) is 7.24. The van der Waals surface area contributed by atoms with E-state index in [0.717, 1.165) is 6.42 Å². The molecule has 0 spiro atoms. The molecule has 0 aliphatic rings. The molecule has 0 heterocycles. The first kappa shape index (κ1) is 19.3. The van der Waals surface area contributed by atoms with Crippen molar-refractivity contribution < 1.29 is 18.6 Å². The minimum absolute atomic E-state index is 1.04. The summed E-state index contributed by atoms with van der Waals surface area (Å²) in [7, 11) is 11.0. The van der Waals surface area contributed by atoms with E-state index in [2.05, 4.69) is 91.9 Å². The van der Waals surface area contributed by atoms with Gasteiger partial charge in [0, 0.05) is 0 Å². The van der Waals surface area contributed by atoms with Crippen LogP contribution in [0.2, 0.25) is 0 Å². The van der Waals surface area contributed by atoms with Crippen LogP contribution in [0.25, 0.3) is 21.5 Å². The summed E-state index contributed by atoms with van der Waals surface area (Å²) >= 11 is -1.92. The fraction of sp³-hybridized carbons (Fsp3) is 0.0952. The van der Waals surface area contributed by atoms with E-state index in [1.54, 1.807) is 0 Å². The van der Waals surface area contributed by atoms with E-state index < -0.39 is 18.6 Å². The van der Waals surface area contributed by atoms with Gasteiger partial charge in [0.25, 0.3) is 0 Å². The summed E-state index contributed by atoms with van der Waals surface area (Å²) in [5.41, 5.74) is 0. The smallest absolute Gasteiger partial charge is 0.0809 e. The van der Waals surface area contributed by atoms with E-state index in [1.165, 1.54) is 21.5 Å². The van der Waals surface area contributed by atoms with Gasteiger partial charge in [0.05, 0.1) is 0 Å². The van der Waals surface area contributed by atoms with Crippen molar-refractivity contribution in [3.8, 4) is 0 Å². The minimum atomic E-state index is -1.92. The zero-order chi connectivity index (χ0) is 17.2. The van der Waals surface area contributed by atoms with E-state index in [-0.39, 0.29) is 0 Å². The van der Waals surface area contributed by atoms with Crippen molar-refractivity contribution in [2.75, 3.05) is 0 Å². The van der Waals surface area contributed by atoms with Crippen molar-refractivity contribution in [2.24, 2.45) is 0 Å². The summed E-state index contributed by atoms with van der Waals surface area (Å²) in [5.74, 6) is 0. The number of rotatable bonds is 1. The van der Waals surface area contributed by atoms with Crippen molar-refractivity contribution in [1.29, 1.82) is 0 Å². The molecule has 0 nitrogen and oxygen atoms in total. The first-order valence-corrected chi connectivity index (χ1v) is 18.9. The maximum atomic E-state index is 5.50. The van der Waals surface area contributed by atoms with Crippen LogP contribution < -0.4 is 0 Å². The third-order valence-corrected chi connectivity index (χ3v) is 8.56. The van der Waals surface area contributed by atoms with Crippen LogP contribution in [-0.2, 0) is 18.6 Å². The average Bonchev–Trinajstić information content (AvgIpc) is 3.25. The van der Waals surface area contributed by atoms with Gasteiger partial charge >= 0.3 is 52.8 Å². The van der Waals surface area contributed by atoms with Crippen molar-refractivity contribution in [1.82, 2.24) is 0 Å². The van der Waals surface area contributed by atoms with Gasteiger partial charge in [0.2, 0.25) is 0 Å². The van der Waals surface area contributed by atoms with Crippen LogP contribution in [0.5, 0.6) is 0 Å². The summed E-state index contributed by atoms with van der Waals surface area (Å²) < 4.78 is 2.04. The summed E-state index contributed by atoms with van der Waals surface area (Å²) in [5, 5.41) is 5.32. The van der Waals surface area contributed by atoms with Crippen LogP contribution in [0.1, 0.15) is 13.3 Å². The van der Waals surface area contributed by atoms with Gasteiger partial charge in [-0.25, -0.2) is 0 Å². The first-order chi connectivity index (χ1) is 11.7. The Labute approximate surface area is 158 Å². The third kappa shape index (κ3) is 6.47. The maximum Gasteiger partial charge on any atom is -0.0809 e. The quantitative estimate of drug-likeness (QED) is 0.183. The summed E-state index contributed by atoms with van der Waals surface area (Å²) in [6, 6.07) is 29.3. The molecule has 0 amide bonds. The molecule has 0 saturated carbocycles. The van der Waals surface area contributed by atoms with Crippen LogP contribution in [0.15, 0.2) is 84.9 Å². The number of fused-ring (bicyclic) bond motifs is 2. The van der Waals surface area contributed by atoms with Gasteiger partial charge in [-0.15, -0.1) is 59.3 Å². The normalized spacial score (nSPS) is 9.62. The van der Waals surface area contributed by atoms with Gasteiger partial charge in [-0.1, -0.05) is 12.1 Å². The van der Waals surface area contributed by atoms with Crippen LogP contribution in [-0.4, -0.2) is 3.76 Å². The van der Waals surface area contributed by atoms with Crippen LogP contribution in [0, 0.1) is 0 Å². The van der Waals surface area contributed by atoms with Gasteiger partial charge in [-0.3, -0.25) is 0 Å². The van der Waals surface area contributed by atoms with Crippen molar-refractivity contribution >= 4 is 42.5 Å². The van der Waals surface area contributed by atoms with Crippen LogP contribution in [0.4, 0.5) is 0 Å². The summed E-state index contributed by atoms with van der Waals surface area (Å²) in [6.45, 7) is 2.05. The Morgan fingerprint density at radius 3 is 1.58 bits per heavy atom. The zero-order valence-electron chi connectivity index (χ0n) is 13.6. The van der Waals surface area contributed by atoms with Crippen molar-refractivity contribution in [2.45, 2.75) is 13.3 Å². The summed E-state index contributed by atoms with van der Waals surface area (Å²) in [6.07, 6.45) is 1.04. The molecular formula is C21H20Cl2Hf-2. The summed E-state index contributed by atoms with van der Waals surface area (Å²) in [4.78, 5) is 0. The van der Waals surface area contributed by atoms with E-state index in [0.29, 0.717) is 0 Å². The Kier molecular flexibility index (Phi) is 8.66. The van der Waals surface area contributed by atoms with E-state index in [1.807, 2.05) is 3.76 Å². The molecular weight excluding hydrogens is 502 g/mol. The van der Waals surface area contributed by atoms with Crippen LogP contribution in [0.3, 0.4) is 0 Å². The monoisotopic (exact) mass is 522 g/mol. The van der Waals surface area contributed by atoms with Gasteiger partial charge in [0.15, 0.2) is 0 Å². The molecule has 0 radical (unpaired) electrons. The van der Waals surface area contributed by atoms with Crippen LogP contribution >= 0.6 is 17.2 Å². The topological polar surface area (TPSA) is 0 Å². The molecule has 0 bridgehead atoms. The molecule has 4 rings (SSSR count). The molecule has 24 heavy (non-hydrogen) atoms. The van der Waals surface area contributed by atoms with Gasteiger partial charge < -0.3 is 0 Å².